The minimum atomic E-state index is -0.975. The van der Waals surface area contributed by atoms with Crippen LogP contribution in [0, 0.1) is 20.8 Å². The lowest BCUT2D eigenvalue weighted by Crippen LogP contribution is -2.30. The van der Waals surface area contributed by atoms with Gasteiger partial charge in [-0.05, 0) is 110 Å². The van der Waals surface area contributed by atoms with Crippen LogP contribution in [0.5, 0.6) is 17.2 Å². The summed E-state index contributed by atoms with van der Waals surface area (Å²) >= 11 is 0. The van der Waals surface area contributed by atoms with E-state index in [0.29, 0.717) is 39.2 Å². The van der Waals surface area contributed by atoms with Crippen molar-refractivity contribution in [1.82, 2.24) is 42.2 Å². The number of aromatic nitrogens is 9. The van der Waals surface area contributed by atoms with E-state index in [1.807, 2.05) is 77.1 Å². The lowest BCUT2D eigenvalue weighted by atomic mass is 10.1. The first kappa shape index (κ1) is 38.9. The molecular weight excluding hydrogens is 851 g/mol. The highest BCUT2D eigenvalue weighted by Gasteiger charge is 2.33. The molecule has 12 aromatic rings. The molecule has 0 aliphatic rings. The van der Waals surface area contributed by atoms with Gasteiger partial charge in [-0.2, -0.15) is 0 Å². The average Bonchev–Trinajstić information content (AvgIpc) is 4.25. The number of ether oxygens (including phenoxy) is 4. The third-order valence-corrected chi connectivity index (χ3v) is 12.0. The Morgan fingerprint density at radius 1 is 0.455 bits per heavy atom. The number of rotatable bonds is 14. The normalized spacial score (nSPS) is 12.4. The lowest BCUT2D eigenvalue weighted by Gasteiger charge is -2.19. The Morgan fingerprint density at radius 2 is 0.803 bits per heavy atom. The minimum absolute atomic E-state index is 0.0834. The highest BCUT2D eigenvalue weighted by molar-refractivity contribution is 6.05. The lowest BCUT2D eigenvalue weighted by molar-refractivity contribution is -0.0503. The molecule has 66 heavy (non-hydrogen) atoms. The number of aromatic hydroxyl groups is 3. The maximum absolute atomic E-state index is 13.8. The number of carbonyl (C=O) groups excluding carboxylic acids is 3. The summed E-state index contributed by atoms with van der Waals surface area (Å²) in [7, 11) is 0. The van der Waals surface area contributed by atoms with Gasteiger partial charge in [-0.1, -0.05) is 36.4 Å². The van der Waals surface area contributed by atoms with Gasteiger partial charge >= 0.3 is 17.9 Å². The van der Waals surface area contributed by atoms with Gasteiger partial charge < -0.3 is 34.3 Å². The van der Waals surface area contributed by atoms with Crippen LogP contribution in [0.15, 0.2) is 109 Å². The van der Waals surface area contributed by atoms with Crippen LogP contribution in [0.25, 0.3) is 50.2 Å². The molecule has 0 unspecified atom stereocenters. The molecule has 0 fully saturated rings. The van der Waals surface area contributed by atoms with E-state index < -0.39 is 24.0 Å². The van der Waals surface area contributed by atoms with E-state index in [2.05, 4.69) is 0 Å². The number of fused-ring (bicyclic) bond motifs is 12. The summed E-state index contributed by atoms with van der Waals surface area (Å²) in [5.74, 6) is -1.63. The molecule has 6 aromatic carbocycles. The van der Waals surface area contributed by atoms with Gasteiger partial charge in [-0.15, -0.1) is 42.2 Å². The van der Waals surface area contributed by atoms with Crippen LogP contribution in [-0.4, -0.2) is 108 Å². The standard InChI is InChI=1S/C47H39N9O10/c1-26-13-16-39(57)36(21-26)51-48-33-10-4-7-30(42(33)54(48)51)45(60)64-20-19-63-29(24-65-46(61)31-8-5-11-34-43(31)55-49(34)52(55)37-22-27(2)14-17-40(37)58)25-66-47(62)32-9-6-12-35-44(32)56-50(35)53(56)38-23-28(3)15-18-41(38)59/h4-18,21-23,29,57-59H,19-20,24-25H2,1-3H3. The van der Waals surface area contributed by atoms with Crippen molar-refractivity contribution in [3.63, 3.8) is 0 Å². The smallest absolute Gasteiger partial charge is 0.340 e. The van der Waals surface area contributed by atoms with Gasteiger partial charge in [0, 0.05) is 0 Å². The Labute approximate surface area is 371 Å². The molecule has 332 valence electrons. The Hall–Kier alpha value is -8.71. The number of carbonyl (C=O) groups is 3. The van der Waals surface area contributed by atoms with Crippen molar-refractivity contribution in [2.75, 3.05) is 26.4 Å². The Kier molecular flexibility index (Phi) is 8.34. The molecule has 0 aliphatic heterocycles. The molecular formula is C47H39N9O10. The highest BCUT2D eigenvalue weighted by Crippen LogP contribution is 2.36. The third kappa shape index (κ3) is 5.82. The highest BCUT2D eigenvalue weighted by atomic mass is 16.6. The Bertz CT molecular complexity index is 3670. The number of aryl methyl sites for hydroxylation is 3. The van der Waals surface area contributed by atoms with Gasteiger partial charge in [0.25, 0.3) is 0 Å². The van der Waals surface area contributed by atoms with Crippen molar-refractivity contribution in [2.45, 2.75) is 26.9 Å². The fourth-order valence-electron chi connectivity index (χ4n) is 8.69. The molecule has 6 aromatic heterocycles. The van der Waals surface area contributed by atoms with Crippen molar-refractivity contribution in [1.29, 1.82) is 0 Å². The molecule has 0 saturated heterocycles. The van der Waals surface area contributed by atoms with E-state index in [9.17, 15) is 29.7 Å². The van der Waals surface area contributed by atoms with E-state index >= 15 is 0 Å². The zero-order valence-corrected chi connectivity index (χ0v) is 35.5. The number of esters is 3. The summed E-state index contributed by atoms with van der Waals surface area (Å²) in [5, 5.41) is 31.7. The summed E-state index contributed by atoms with van der Waals surface area (Å²) in [6, 6.07) is 31.5. The van der Waals surface area contributed by atoms with Crippen molar-refractivity contribution >= 4 is 51.0 Å². The van der Waals surface area contributed by atoms with E-state index in [4.69, 9.17) is 18.9 Å². The summed E-state index contributed by atoms with van der Waals surface area (Å²) in [4.78, 5) is 46.3. The van der Waals surface area contributed by atoms with Crippen molar-refractivity contribution < 1.29 is 48.7 Å². The first-order chi connectivity index (χ1) is 32.0. The van der Waals surface area contributed by atoms with Crippen LogP contribution in [0.4, 0.5) is 0 Å². The number of hydrogen-bond acceptors (Lipinski definition) is 10. The first-order valence-electron chi connectivity index (χ1n) is 21.1. The maximum Gasteiger partial charge on any atom is 0.340 e. The van der Waals surface area contributed by atoms with Crippen LogP contribution in [0.2, 0.25) is 0 Å². The molecule has 0 spiro atoms. The molecule has 12 rings (SSSR count). The minimum Gasteiger partial charge on any atom is -0.506 e. The second-order valence-electron chi connectivity index (χ2n) is 16.4. The summed E-state index contributed by atoms with van der Waals surface area (Å²) < 4.78 is 34.1. The predicted octanol–water partition coefficient (Wildman–Crippen LogP) is 6.19. The summed E-state index contributed by atoms with van der Waals surface area (Å²) in [6.45, 7) is 4.83. The van der Waals surface area contributed by atoms with Crippen molar-refractivity contribution in [3.8, 4) is 34.3 Å². The van der Waals surface area contributed by atoms with Gasteiger partial charge in [0.15, 0.2) is 0 Å². The van der Waals surface area contributed by atoms with Gasteiger partial charge in [-0.3, -0.25) is 0 Å². The first-order valence-corrected chi connectivity index (χ1v) is 21.1. The molecule has 0 bridgehead atoms. The van der Waals surface area contributed by atoms with Gasteiger partial charge in [0.1, 0.15) is 93.3 Å². The second kappa shape index (κ2) is 14.1. The topological polar surface area (TPSA) is 190 Å². The molecule has 0 aliphatic carbocycles. The summed E-state index contributed by atoms with van der Waals surface area (Å²) in [5.41, 5.74) is 9.50. The van der Waals surface area contributed by atoms with E-state index in [1.165, 1.54) is 0 Å². The van der Waals surface area contributed by atoms with Crippen LogP contribution >= 0.6 is 0 Å². The van der Waals surface area contributed by atoms with Crippen molar-refractivity contribution in [3.05, 3.63) is 143 Å². The molecule has 0 radical (unpaired) electrons. The third-order valence-electron chi connectivity index (χ3n) is 12.0. The van der Waals surface area contributed by atoms with E-state index in [0.717, 1.165) is 33.2 Å². The molecule has 19 heteroatoms. The van der Waals surface area contributed by atoms with E-state index in [-0.39, 0.29) is 54.8 Å². The molecule has 0 amide bonds. The van der Waals surface area contributed by atoms with Crippen LogP contribution in [0.1, 0.15) is 47.8 Å². The predicted molar refractivity (Wildman–Crippen MR) is 236 cm³/mol. The van der Waals surface area contributed by atoms with Crippen LogP contribution in [0.3, 0.4) is 0 Å². The SMILES string of the molecule is Cc1ccc(O)c(-n2n3c4cccc(C(=O)OCCOC(COC(=O)c5cccc6c5n5n(-c7cc(C)ccc7O)n65)COC(=O)c5cccc6c5n5n(-c7cc(C)ccc7O)n65)c4n23)c1. The van der Waals surface area contributed by atoms with Crippen LogP contribution in [-0.2, 0) is 18.9 Å². The average molecular weight is 890 g/mol. The van der Waals surface area contributed by atoms with Crippen LogP contribution < -0.4 is 0 Å². The summed E-state index contributed by atoms with van der Waals surface area (Å²) in [6.07, 6.45) is -0.975. The zero-order valence-electron chi connectivity index (χ0n) is 35.5. The fourth-order valence-corrected chi connectivity index (χ4v) is 8.69. The number of nitrogens with zero attached hydrogens (tertiary/aromatic N) is 9. The number of para-hydroxylation sites is 3. The van der Waals surface area contributed by atoms with E-state index in [1.54, 1.807) is 95.0 Å². The molecule has 0 saturated carbocycles. The monoisotopic (exact) mass is 889 g/mol. The van der Waals surface area contributed by atoms with Gasteiger partial charge in [-0.25, -0.2) is 14.4 Å². The van der Waals surface area contributed by atoms with Gasteiger partial charge in [0.05, 0.1) is 23.3 Å². The number of benzene rings is 6. The van der Waals surface area contributed by atoms with Gasteiger partial charge in [0.2, 0.25) is 0 Å². The Morgan fingerprint density at radius 3 is 1.17 bits per heavy atom. The number of hydrogen-bond donors (Lipinski definition) is 3. The fraction of sp³-hybridized carbons (Fsp3) is 0.170. The largest absolute Gasteiger partial charge is 0.506 e. The molecule has 19 nitrogen and oxygen atoms in total. The second-order valence-corrected chi connectivity index (χ2v) is 16.4. The van der Waals surface area contributed by atoms with Crippen molar-refractivity contribution in [2.24, 2.45) is 0 Å². The molecule has 6 heterocycles. The zero-order chi connectivity index (χ0) is 45.3. The molecule has 0 atom stereocenters. The molecule has 3 N–H and O–H groups in total. The maximum atomic E-state index is 13.8. The number of phenols is 3. The number of phenolic OH excluding ortho intramolecular Hbond substituents is 3. The quantitative estimate of drug-likeness (QED) is 0.0646. The Balaban J connectivity index is 0.761.